The van der Waals surface area contributed by atoms with E-state index in [-0.39, 0.29) is 5.78 Å². The van der Waals surface area contributed by atoms with Crippen molar-refractivity contribution in [3.05, 3.63) is 71.4 Å². The van der Waals surface area contributed by atoms with Crippen LogP contribution >= 0.6 is 0 Å². The summed E-state index contributed by atoms with van der Waals surface area (Å²) in [7, 11) is 0. The van der Waals surface area contributed by atoms with E-state index < -0.39 is 18.2 Å². The molecule has 2 atom stereocenters. The second-order valence-electron chi connectivity index (χ2n) is 5.93. The summed E-state index contributed by atoms with van der Waals surface area (Å²) in [6, 6.07) is 15.9. The van der Waals surface area contributed by atoms with Crippen molar-refractivity contribution in [3.63, 3.8) is 0 Å². The first-order valence-corrected chi connectivity index (χ1v) is 8.04. The van der Waals surface area contributed by atoms with Crippen molar-refractivity contribution in [2.45, 2.75) is 26.1 Å². The van der Waals surface area contributed by atoms with Gasteiger partial charge in [0.2, 0.25) is 5.78 Å². The number of aromatic nitrogens is 1. The topological polar surface area (TPSA) is 79.4 Å². The third-order valence-electron chi connectivity index (χ3n) is 4.14. The molecule has 0 aliphatic rings. The molecule has 0 aliphatic carbocycles. The van der Waals surface area contributed by atoms with E-state index in [1.54, 1.807) is 37.3 Å². The number of ketones is 1. The molecule has 3 rings (SSSR count). The number of aryl methyl sites for hydroxylation is 1. The van der Waals surface area contributed by atoms with Crippen LogP contribution in [0, 0.1) is 6.92 Å². The Balaban J connectivity index is 1.78. The zero-order valence-electron chi connectivity index (χ0n) is 14.0. The average Bonchev–Trinajstić information content (AvgIpc) is 2.96. The molecule has 0 unspecified atom stereocenters. The quantitative estimate of drug-likeness (QED) is 0.553. The third-order valence-corrected chi connectivity index (χ3v) is 4.14. The number of carbonyl (C=O) groups is 2. The molecule has 0 spiro atoms. The van der Waals surface area contributed by atoms with Gasteiger partial charge in [0, 0.05) is 22.2 Å². The molecule has 0 radical (unpaired) electrons. The number of H-pyrrole nitrogens is 1. The number of hydrogen-bond donors (Lipinski definition) is 2. The Morgan fingerprint density at radius 1 is 1.04 bits per heavy atom. The smallest absolute Gasteiger partial charge is 0.340 e. The third kappa shape index (κ3) is 3.32. The summed E-state index contributed by atoms with van der Waals surface area (Å²) < 4.78 is 5.20. The van der Waals surface area contributed by atoms with Crippen molar-refractivity contribution >= 4 is 22.7 Å². The number of fused-ring (bicyclic) bond motifs is 1. The van der Waals surface area contributed by atoms with Gasteiger partial charge in [0.25, 0.3) is 0 Å². The maximum atomic E-state index is 12.8. The molecule has 0 saturated carbocycles. The lowest BCUT2D eigenvalue weighted by Crippen LogP contribution is -2.27. The minimum Gasteiger partial charge on any atom is -0.452 e. The largest absolute Gasteiger partial charge is 0.452 e. The lowest BCUT2D eigenvalue weighted by Gasteiger charge is -2.16. The molecule has 0 bridgehead atoms. The molecule has 1 heterocycles. The number of para-hydroxylation sites is 1. The van der Waals surface area contributed by atoms with Crippen molar-refractivity contribution in [1.29, 1.82) is 0 Å². The highest BCUT2D eigenvalue weighted by Crippen LogP contribution is 2.24. The molecule has 2 aromatic carbocycles. The fraction of sp³-hybridized carbons (Fsp3) is 0.200. The standard InChI is InChI=1S/C20H19NO4/c1-12-17(15-10-6-7-11-16(15)21-12)18(22)13(2)25-20(24)19(23)14-8-4-3-5-9-14/h3-11,13,19,21,23H,1-2H3/t13-,19-/m0/s1. The van der Waals surface area contributed by atoms with E-state index in [0.717, 1.165) is 16.6 Å². The maximum absolute atomic E-state index is 12.8. The number of esters is 1. The number of aromatic amines is 1. The average molecular weight is 337 g/mol. The van der Waals surface area contributed by atoms with Gasteiger partial charge in [-0.2, -0.15) is 0 Å². The van der Waals surface area contributed by atoms with Crippen molar-refractivity contribution in [2.75, 3.05) is 0 Å². The van der Waals surface area contributed by atoms with Crippen LogP contribution in [0.5, 0.6) is 0 Å². The Labute approximate surface area is 145 Å². The van der Waals surface area contributed by atoms with Crippen LogP contribution in [0.15, 0.2) is 54.6 Å². The van der Waals surface area contributed by atoms with Crippen LogP contribution < -0.4 is 0 Å². The molecule has 0 aliphatic heterocycles. The molecule has 0 amide bonds. The minimum absolute atomic E-state index is 0.302. The molecule has 1 aromatic heterocycles. The van der Waals surface area contributed by atoms with Gasteiger partial charge < -0.3 is 14.8 Å². The second kappa shape index (κ2) is 6.91. The molecule has 5 heteroatoms. The Hall–Kier alpha value is -2.92. The SMILES string of the molecule is Cc1[nH]c2ccccc2c1C(=O)[C@H](C)OC(=O)[C@@H](O)c1ccccc1. The van der Waals surface area contributed by atoms with Gasteiger partial charge in [-0.25, -0.2) is 4.79 Å². The molecule has 3 aromatic rings. The first kappa shape index (κ1) is 16.9. The monoisotopic (exact) mass is 337 g/mol. The number of ether oxygens (including phenoxy) is 1. The summed E-state index contributed by atoms with van der Waals surface area (Å²) in [6.45, 7) is 3.32. The molecule has 0 saturated heterocycles. The zero-order valence-corrected chi connectivity index (χ0v) is 14.0. The van der Waals surface area contributed by atoms with Crippen LogP contribution in [0.25, 0.3) is 10.9 Å². The maximum Gasteiger partial charge on any atom is 0.340 e. The van der Waals surface area contributed by atoms with Gasteiger partial charge in [-0.1, -0.05) is 48.5 Å². The van der Waals surface area contributed by atoms with E-state index in [0.29, 0.717) is 11.1 Å². The highest BCUT2D eigenvalue weighted by atomic mass is 16.6. The molecule has 0 fully saturated rings. The number of aliphatic hydroxyl groups excluding tert-OH is 1. The lowest BCUT2D eigenvalue weighted by atomic mass is 10.0. The van der Waals surface area contributed by atoms with Gasteiger partial charge in [0.1, 0.15) is 0 Å². The van der Waals surface area contributed by atoms with Crippen LogP contribution in [0.1, 0.15) is 34.6 Å². The van der Waals surface area contributed by atoms with Gasteiger partial charge in [0.05, 0.1) is 0 Å². The Bertz CT molecular complexity index is 914. The molecule has 128 valence electrons. The number of aliphatic hydroxyl groups is 1. The van der Waals surface area contributed by atoms with Crippen molar-refractivity contribution in [2.24, 2.45) is 0 Å². The molecular weight excluding hydrogens is 318 g/mol. The number of benzene rings is 2. The predicted octanol–water partition coefficient (Wildman–Crippen LogP) is 3.32. The minimum atomic E-state index is -1.42. The summed E-state index contributed by atoms with van der Waals surface area (Å²) in [4.78, 5) is 28.1. The van der Waals surface area contributed by atoms with Gasteiger partial charge in [-0.05, 0) is 25.5 Å². The van der Waals surface area contributed by atoms with Crippen molar-refractivity contribution < 1.29 is 19.4 Å². The molecule has 2 N–H and O–H groups in total. The first-order valence-electron chi connectivity index (χ1n) is 8.04. The fourth-order valence-electron chi connectivity index (χ4n) is 2.86. The van der Waals surface area contributed by atoms with Gasteiger partial charge in [0.15, 0.2) is 12.2 Å². The van der Waals surface area contributed by atoms with E-state index >= 15 is 0 Å². The van der Waals surface area contributed by atoms with Gasteiger partial charge in [-0.3, -0.25) is 4.79 Å². The summed E-state index contributed by atoms with van der Waals surface area (Å²) >= 11 is 0. The van der Waals surface area contributed by atoms with E-state index in [2.05, 4.69) is 4.98 Å². The molecule has 5 nitrogen and oxygen atoms in total. The highest BCUT2D eigenvalue weighted by Gasteiger charge is 2.27. The van der Waals surface area contributed by atoms with Crippen LogP contribution in [0.2, 0.25) is 0 Å². The molecule has 25 heavy (non-hydrogen) atoms. The van der Waals surface area contributed by atoms with Gasteiger partial charge in [-0.15, -0.1) is 0 Å². The van der Waals surface area contributed by atoms with Crippen molar-refractivity contribution in [3.8, 4) is 0 Å². The Morgan fingerprint density at radius 3 is 2.40 bits per heavy atom. The number of Topliss-reactive ketones (excluding diaryl/α,β-unsaturated/α-hetero) is 1. The van der Waals surface area contributed by atoms with Crippen molar-refractivity contribution in [1.82, 2.24) is 4.98 Å². The highest BCUT2D eigenvalue weighted by molar-refractivity contribution is 6.11. The summed E-state index contributed by atoms with van der Waals surface area (Å²) in [5.74, 6) is -1.15. The second-order valence-corrected chi connectivity index (χ2v) is 5.93. The predicted molar refractivity (Wildman–Crippen MR) is 94.3 cm³/mol. The first-order chi connectivity index (χ1) is 12.0. The zero-order chi connectivity index (χ0) is 18.0. The van der Waals surface area contributed by atoms with E-state index in [4.69, 9.17) is 4.74 Å². The van der Waals surface area contributed by atoms with E-state index in [1.807, 2.05) is 24.3 Å². The number of carbonyl (C=O) groups excluding carboxylic acids is 2. The van der Waals surface area contributed by atoms with Gasteiger partial charge >= 0.3 is 5.97 Å². The number of rotatable bonds is 5. The van der Waals surface area contributed by atoms with Crippen LogP contribution in [0.3, 0.4) is 0 Å². The molecular formula is C20H19NO4. The fourth-order valence-corrected chi connectivity index (χ4v) is 2.86. The summed E-state index contributed by atoms with van der Waals surface area (Å²) in [6.07, 6.45) is -2.41. The van der Waals surface area contributed by atoms with E-state index in [1.165, 1.54) is 6.92 Å². The number of hydrogen-bond acceptors (Lipinski definition) is 4. The number of nitrogens with one attached hydrogen (secondary N) is 1. The van der Waals surface area contributed by atoms with Crippen LogP contribution in [-0.4, -0.2) is 27.9 Å². The normalized spacial score (nSPS) is 13.4. The van der Waals surface area contributed by atoms with E-state index in [9.17, 15) is 14.7 Å². The van der Waals surface area contributed by atoms with Crippen LogP contribution in [-0.2, 0) is 9.53 Å². The summed E-state index contributed by atoms with van der Waals surface area (Å²) in [5, 5.41) is 10.9. The lowest BCUT2D eigenvalue weighted by molar-refractivity contribution is -0.156. The van der Waals surface area contributed by atoms with Crippen LogP contribution in [0.4, 0.5) is 0 Å². The Kier molecular flexibility index (Phi) is 4.67. The summed E-state index contributed by atoms with van der Waals surface area (Å²) in [5.41, 5.74) is 2.50. The Morgan fingerprint density at radius 2 is 1.68 bits per heavy atom.